The van der Waals surface area contributed by atoms with Gasteiger partial charge in [-0.1, -0.05) is 11.9 Å². The highest BCUT2D eigenvalue weighted by Gasteiger charge is 2.24. The van der Waals surface area contributed by atoms with E-state index < -0.39 is 73.2 Å². The zero-order valence-corrected chi connectivity index (χ0v) is 33.7. The molecule has 0 aromatic rings. The van der Waals surface area contributed by atoms with Gasteiger partial charge in [0.15, 0.2) is 5.84 Å². The number of ether oxygens (including phenoxy) is 5. The molecule has 2 atom stereocenters. The summed E-state index contributed by atoms with van der Waals surface area (Å²) in [4.78, 5) is 105. The van der Waals surface area contributed by atoms with E-state index in [1.54, 1.807) is 0 Å². The van der Waals surface area contributed by atoms with Gasteiger partial charge in [0, 0.05) is 38.1 Å². The number of nitrogens with zero attached hydrogens (tertiary/aromatic N) is 1. The predicted octanol–water partition coefficient (Wildman–Crippen LogP) is -5.52. The van der Waals surface area contributed by atoms with Gasteiger partial charge in [-0.15, -0.1) is 0 Å². The number of hydrogen-bond donors (Lipinski definition) is 12. The van der Waals surface area contributed by atoms with Crippen LogP contribution in [0, 0.1) is 0 Å². The molecule has 0 aliphatic rings. The first-order valence-electron chi connectivity index (χ1n) is 18.3. The number of amides is 6. The second-order valence-electron chi connectivity index (χ2n) is 11.9. The molecule has 28 heteroatoms. The highest BCUT2D eigenvalue weighted by Crippen LogP contribution is 2.03. The van der Waals surface area contributed by atoms with Crippen LogP contribution in [-0.4, -0.2) is 178 Å². The molecule has 0 aliphatic heterocycles. The van der Waals surface area contributed by atoms with Crippen molar-refractivity contribution in [3.8, 4) is 0 Å². The number of carboxylic acid groups (broad SMARTS) is 3. The molecule has 0 aromatic carbocycles. The number of carboxylic acids is 3. The third-order valence-electron chi connectivity index (χ3n) is 7.00. The average molecular weight is 885 g/mol. The Morgan fingerprint density at radius 2 is 1.07 bits per heavy atom. The quantitative estimate of drug-likeness (QED) is 0.00691. The van der Waals surface area contributed by atoms with Gasteiger partial charge in [0.2, 0.25) is 29.5 Å². The van der Waals surface area contributed by atoms with E-state index >= 15 is 0 Å². The van der Waals surface area contributed by atoms with Crippen LogP contribution >= 0.6 is 11.9 Å². The van der Waals surface area contributed by atoms with Crippen molar-refractivity contribution in [2.24, 2.45) is 16.8 Å². The lowest BCUT2D eigenvalue weighted by Crippen LogP contribution is -2.45. The normalized spacial score (nSPS) is 12.0. The lowest BCUT2D eigenvalue weighted by molar-refractivity contribution is -0.144. The first kappa shape index (κ1) is 54.6. The van der Waals surface area contributed by atoms with Gasteiger partial charge >= 0.3 is 17.9 Å². The topological polar surface area (TPSA) is 409 Å². The molecule has 27 nitrogen and oxygen atoms in total. The number of amidine groups is 1. The third-order valence-corrected chi connectivity index (χ3v) is 7.87. The summed E-state index contributed by atoms with van der Waals surface area (Å²) in [7, 11) is 0. The van der Waals surface area contributed by atoms with E-state index in [0.717, 1.165) is 11.9 Å². The Labute approximate surface area is 348 Å². The lowest BCUT2D eigenvalue weighted by Gasteiger charge is -2.17. The zero-order chi connectivity index (χ0) is 45.0. The summed E-state index contributed by atoms with van der Waals surface area (Å²) in [5.74, 6) is 3.42. The highest BCUT2D eigenvalue weighted by atomic mass is 32.2. The fourth-order valence-electron chi connectivity index (χ4n) is 4.09. The van der Waals surface area contributed by atoms with E-state index in [2.05, 4.69) is 41.8 Å². The molecule has 0 bridgehead atoms. The molecule has 1 unspecified atom stereocenters. The number of carbonyl (C=O) groups is 9. The number of nitrogens with one attached hydrogen (secondary N) is 7. The van der Waals surface area contributed by atoms with Crippen molar-refractivity contribution in [3.05, 3.63) is 0 Å². The van der Waals surface area contributed by atoms with Crippen LogP contribution in [-0.2, 0) is 66.8 Å². The minimum Gasteiger partial charge on any atom is -0.480 e. The molecule has 0 heterocycles. The van der Waals surface area contributed by atoms with E-state index in [1.807, 2.05) is 0 Å². The number of hydrazine groups is 1. The van der Waals surface area contributed by atoms with Gasteiger partial charge in [-0.05, 0) is 19.3 Å². The largest absolute Gasteiger partial charge is 0.480 e. The predicted molar refractivity (Wildman–Crippen MR) is 207 cm³/mol. The highest BCUT2D eigenvalue weighted by molar-refractivity contribution is 7.97. The van der Waals surface area contributed by atoms with Crippen LogP contribution in [0.2, 0.25) is 0 Å². The number of rotatable bonds is 37. The Kier molecular flexibility index (Phi) is 32.4. The Bertz CT molecular complexity index is 1390. The fourth-order valence-corrected chi connectivity index (χ4v) is 4.70. The molecular weight excluding hydrogens is 828 g/mol. The van der Waals surface area contributed by atoms with E-state index in [-0.39, 0.29) is 116 Å². The minimum atomic E-state index is -1.49. The third kappa shape index (κ3) is 32.6. The van der Waals surface area contributed by atoms with Crippen LogP contribution < -0.4 is 48.4 Å². The monoisotopic (exact) mass is 884 g/mol. The molecule has 342 valence electrons. The Morgan fingerprint density at radius 3 is 1.60 bits per heavy atom. The number of nitrogens with two attached hydrogens (primary N) is 2. The van der Waals surface area contributed by atoms with Gasteiger partial charge in [-0.25, -0.2) is 15.4 Å². The lowest BCUT2D eigenvalue weighted by atomic mass is 10.1. The van der Waals surface area contributed by atoms with Crippen LogP contribution in [0.1, 0.15) is 38.5 Å². The van der Waals surface area contributed by atoms with Crippen molar-refractivity contribution < 1.29 is 82.2 Å². The average Bonchev–Trinajstić information content (AvgIpc) is 3.20. The molecule has 0 aromatic heterocycles. The molecule has 60 heavy (non-hydrogen) atoms. The first-order chi connectivity index (χ1) is 28.7. The molecule has 0 radical (unpaired) electrons. The summed E-state index contributed by atoms with van der Waals surface area (Å²) in [6, 6.07) is -2.94. The molecule has 6 amide bonds. The van der Waals surface area contributed by atoms with Crippen LogP contribution in [0.25, 0.3) is 0 Å². The SMILES string of the molecule is N/N=C(/COCC(=O)NSCCCC(=O)NCCOCCOCC(=O)N[C@@H](CCC(=O)NC(CCC(=O)NCCOCCOCC(=O)NCC(=O)O)C(=O)O)C(=O)O)NN. The van der Waals surface area contributed by atoms with Gasteiger partial charge < -0.3 is 76.9 Å². The van der Waals surface area contributed by atoms with E-state index in [0.29, 0.717) is 12.2 Å². The van der Waals surface area contributed by atoms with Crippen molar-refractivity contribution in [2.45, 2.75) is 50.6 Å². The van der Waals surface area contributed by atoms with Gasteiger partial charge in [0.05, 0.1) is 39.6 Å². The van der Waals surface area contributed by atoms with Crippen molar-refractivity contribution in [3.63, 3.8) is 0 Å². The van der Waals surface area contributed by atoms with Crippen molar-refractivity contribution >= 4 is 71.1 Å². The molecule has 0 aliphatic carbocycles. The van der Waals surface area contributed by atoms with Gasteiger partial charge in [-0.2, -0.15) is 5.10 Å². The molecule has 0 rings (SSSR count). The fraction of sp³-hybridized carbons (Fsp3) is 0.688. The first-order valence-corrected chi connectivity index (χ1v) is 19.3. The van der Waals surface area contributed by atoms with Gasteiger partial charge in [0.25, 0.3) is 5.91 Å². The number of hydrogen-bond acceptors (Lipinski definition) is 18. The molecule has 14 N–H and O–H groups in total. The van der Waals surface area contributed by atoms with E-state index in [4.69, 9.17) is 40.5 Å². The Balaban J connectivity index is 4.09. The number of hydrazone groups is 1. The molecule has 0 spiro atoms. The maximum atomic E-state index is 12.4. The van der Waals surface area contributed by atoms with Crippen LogP contribution in [0.4, 0.5) is 0 Å². The van der Waals surface area contributed by atoms with Crippen LogP contribution in [0.15, 0.2) is 5.10 Å². The van der Waals surface area contributed by atoms with Crippen LogP contribution in [0.3, 0.4) is 0 Å². The zero-order valence-electron chi connectivity index (χ0n) is 32.9. The summed E-state index contributed by atoms with van der Waals surface area (Å²) >= 11 is 1.12. The standard InChI is InChI=1S/C32H56N10O17S/c33-40-23(41-34)17-59-20-29(48)42-60-15-1-2-24(43)35-7-9-55-12-14-58-19-28(47)39-22(32(53)54)4-6-26(45)38-21(31(51)52)3-5-25(44)36-8-10-56-11-13-57-18-27(46)37-16-30(49)50/h21-22H,1-20,33-34H2,(H,35,43)(H,36,44)(H,37,46)(H,38,45)(H,39,47)(H,40,41)(H,42,48)(H,49,50)(H,51,52)(H,53,54)/t21?,22-/m0/s1. The summed E-state index contributed by atoms with van der Waals surface area (Å²) in [6.45, 7) is -1.05. The van der Waals surface area contributed by atoms with Gasteiger partial charge in [-0.3, -0.25) is 38.3 Å². The molecular formula is C32H56N10O17S. The smallest absolute Gasteiger partial charge is 0.326 e. The second-order valence-corrected chi connectivity index (χ2v) is 12.8. The van der Waals surface area contributed by atoms with E-state index in [9.17, 15) is 53.4 Å². The maximum absolute atomic E-state index is 12.4. The van der Waals surface area contributed by atoms with Crippen molar-refractivity contribution in [2.75, 3.05) is 91.5 Å². The minimum absolute atomic E-state index is 0.0266. The number of aliphatic carboxylic acids is 3. The Hall–Kier alpha value is -5.39. The Morgan fingerprint density at radius 1 is 0.567 bits per heavy atom. The number of carbonyl (C=O) groups excluding carboxylic acids is 6. The molecule has 0 saturated heterocycles. The second kappa shape index (κ2) is 35.5. The summed E-state index contributed by atoms with van der Waals surface area (Å²) < 4.78 is 28.3. The van der Waals surface area contributed by atoms with Crippen molar-refractivity contribution in [1.82, 2.24) is 36.7 Å². The summed E-state index contributed by atoms with van der Waals surface area (Å²) in [5.41, 5.74) is 2.21. The maximum Gasteiger partial charge on any atom is 0.326 e. The molecule has 0 fully saturated rings. The van der Waals surface area contributed by atoms with E-state index in [1.165, 1.54) is 0 Å². The van der Waals surface area contributed by atoms with Crippen molar-refractivity contribution in [1.29, 1.82) is 0 Å². The van der Waals surface area contributed by atoms with Crippen LogP contribution in [0.5, 0.6) is 0 Å². The summed E-state index contributed by atoms with van der Waals surface area (Å²) in [5, 5.41) is 42.4. The van der Waals surface area contributed by atoms with Gasteiger partial charge in [0.1, 0.15) is 45.1 Å². The summed E-state index contributed by atoms with van der Waals surface area (Å²) in [6.07, 6.45) is -0.664. The molecule has 0 saturated carbocycles.